The smallest absolute Gasteiger partial charge is 0.214 e. The third kappa shape index (κ3) is 608. The maximum atomic E-state index is 4.94. The van der Waals surface area contributed by atoms with Crippen LogP contribution in [0.5, 0.6) is 0 Å². The van der Waals surface area contributed by atoms with E-state index in [1.54, 1.807) is 0 Å². The van der Waals surface area contributed by atoms with Crippen molar-refractivity contribution < 1.29 is 0 Å². The second kappa shape index (κ2) is 36.0. The molecule has 0 saturated carbocycles. The summed E-state index contributed by atoms with van der Waals surface area (Å²) in [5.74, 6) is 6.92. The van der Waals surface area contributed by atoms with E-state index in [1.165, 1.54) is 0 Å². The summed E-state index contributed by atoms with van der Waals surface area (Å²) in [6.45, 7) is 0. The van der Waals surface area contributed by atoms with Crippen LogP contribution in [0.15, 0.2) is 0 Å². The third-order valence-electron chi connectivity index (χ3n) is 0. The fourth-order valence-electron chi connectivity index (χ4n) is 0. The number of hydrogen-bond acceptors (Lipinski definition) is 0. The zero-order valence-electron chi connectivity index (χ0n) is 8.87. The molecule has 0 bridgehead atoms. The Morgan fingerprint density at radius 2 is 0.688 bits per heavy atom. The molecule has 0 aromatic heterocycles. The zero-order valence-corrected chi connectivity index (χ0v) is 15.9. The van der Waals surface area contributed by atoms with Gasteiger partial charge in [-0.15, -0.1) is 17.4 Å². The summed E-state index contributed by atoms with van der Waals surface area (Å²) in [6, 6.07) is 0. The van der Waals surface area contributed by atoms with Gasteiger partial charge in [0, 0.05) is 0 Å². The van der Waals surface area contributed by atoms with Gasteiger partial charge in [0.15, 0.2) is 0 Å². The van der Waals surface area contributed by atoms with Crippen molar-refractivity contribution in [2.45, 2.75) is 63.5 Å². The minimum absolute atomic E-state index is 0. The Balaban J connectivity index is -0.0000000135. The fraction of sp³-hybridized carbons (Fsp3) is 1.00. The van der Waals surface area contributed by atoms with E-state index in [1.807, 2.05) is 0 Å². The number of rotatable bonds is 0. The molecule has 0 amide bonds. The summed E-state index contributed by atoms with van der Waals surface area (Å²) in [4.78, 5) is 0. The van der Waals surface area contributed by atoms with Crippen LogP contribution in [0.2, 0.25) is 33.8 Å². The van der Waals surface area contributed by atoms with Crippen LogP contribution in [0.3, 0.4) is 0 Å². The first-order valence-electron chi connectivity index (χ1n) is 4.12. The quantitative estimate of drug-likeness (QED) is 0.396. The largest absolute Gasteiger partial charge is 0.643 e. The maximum Gasteiger partial charge on any atom is 0.643 e. The Hall–Kier alpha value is 2.57. The molecule has 0 aromatic carbocycles. The average molecular weight is 384 g/mol. The summed E-state index contributed by atoms with van der Waals surface area (Å²) >= 11 is -2.34. The van der Waals surface area contributed by atoms with Gasteiger partial charge in [0.2, 0.25) is 0 Å². The Morgan fingerprint density at radius 1 is 0.688 bits per heavy atom. The molecule has 0 aliphatic carbocycles. The topological polar surface area (TPSA) is 0 Å². The van der Waals surface area contributed by atoms with Crippen molar-refractivity contribution in [3.63, 3.8) is 0 Å². The molecule has 0 fully saturated rings. The van der Waals surface area contributed by atoms with Crippen LogP contribution in [0, 0.1) is 0 Å². The Kier molecular flexibility index (Phi) is 96.5. The summed E-state index contributed by atoms with van der Waals surface area (Å²) < 4.78 is 0. The standard InChI is InChI=1S/4CH4.6CH3.2Al.3ClH.Ga/h4*1H4;6*1H3;;;3*1H;/q;;;;;;;;;;;+3;;;;/p-3. The molecule has 0 atom stereocenters. The van der Waals surface area contributed by atoms with Gasteiger partial charge in [-0.3, -0.25) is 0 Å². The second-order valence-corrected chi connectivity index (χ2v) is 20.9. The van der Waals surface area contributed by atoms with Gasteiger partial charge in [-0.2, -0.15) is 0 Å². The summed E-state index contributed by atoms with van der Waals surface area (Å²) in [5, 5.41) is 0. The van der Waals surface area contributed by atoms with Gasteiger partial charge >= 0.3 is 44.0 Å². The predicted molar refractivity (Wildman–Crippen MR) is 96.9 cm³/mol. The van der Waals surface area contributed by atoms with E-state index in [0.717, 1.165) is 0 Å². The minimum atomic E-state index is -1.72. The van der Waals surface area contributed by atoms with Crippen LogP contribution >= 0.6 is 30.1 Å². The summed E-state index contributed by atoms with van der Waals surface area (Å²) in [6.07, 6.45) is 0. The van der Waals surface area contributed by atoms with Gasteiger partial charge in [0.1, 0.15) is 0 Å². The van der Waals surface area contributed by atoms with Crippen LogP contribution in [-0.4, -0.2) is 41.8 Å². The van der Waals surface area contributed by atoms with Gasteiger partial charge < -0.3 is 0 Å². The first kappa shape index (κ1) is 42.8. The van der Waals surface area contributed by atoms with Gasteiger partial charge in [0.05, 0.1) is 0 Å². The molecular formula is C10H34Al2Cl3Ga. The number of halogens is 3. The van der Waals surface area contributed by atoms with E-state index >= 15 is 0 Å². The van der Waals surface area contributed by atoms with E-state index in [-0.39, 0.29) is 43.9 Å². The van der Waals surface area contributed by atoms with Crippen LogP contribution in [0.25, 0.3) is 0 Å². The molecule has 0 N–H and O–H groups in total. The summed E-state index contributed by atoms with van der Waals surface area (Å²) in [5.41, 5.74) is 7.06. The van der Waals surface area contributed by atoms with Crippen molar-refractivity contribution in [3.05, 3.63) is 0 Å². The molecule has 6 heteroatoms. The Morgan fingerprint density at radius 3 is 0.688 bits per heavy atom. The van der Waals surface area contributed by atoms with Crippen LogP contribution < -0.4 is 0 Å². The van der Waals surface area contributed by atoms with Crippen molar-refractivity contribution in [1.29, 1.82) is 0 Å². The van der Waals surface area contributed by atoms with Gasteiger partial charge in [0.25, 0.3) is 14.1 Å². The van der Waals surface area contributed by atoms with E-state index < -0.39 is 27.6 Å². The normalized spacial score (nSPS) is 5.06. The van der Waals surface area contributed by atoms with E-state index in [4.69, 9.17) is 30.1 Å². The van der Waals surface area contributed by atoms with Crippen molar-refractivity contribution in [3.8, 4) is 0 Å². The average Bonchev–Trinajstić information content (AvgIpc) is 1.54. The third-order valence-corrected chi connectivity index (χ3v) is 0. The first-order chi connectivity index (χ1) is 5.20. The molecule has 0 radical (unpaired) electrons. The van der Waals surface area contributed by atoms with Gasteiger partial charge in [-0.1, -0.05) is 29.7 Å². The first-order valence-corrected chi connectivity index (χ1v) is 20.1. The second-order valence-electron chi connectivity index (χ2n) is 3.71. The molecule has 0 heterocycles. The molecule has 16 heavy (non-hydrogen) atoms. The predicted octanol–water partition coefficient (Wildman–Crippen LogP) is 6.97. The van der Waals surface area contributed by atoms with Crippen molar-refractivity contribution in [2.24, 2.45) is 0 Å². The van der Waals surface area contributed by atoms with Crippen molar-refractivity contribution in [1.82, 2.24) is 0 Å². The Labute approximate surface area is 134 Å². The molecular weight excluding hydrogens is 350 g/mol. The summed E-state index contributed by atoms with van der Waals surface area (Å²) in [7, 11) is 14.8. The van der Waals surface area contributed by atoms with Crippen molar-refractivity contribution in [2.75, 3.05) is 0 Å². The van der Waals surface area contributed by atoms with E-state index in [0.29, 0.717) is 0 Å². The molecule has 104 valence electrons. The Bertz CT molecular complexity index is 52.6. The fourth-order valence-corrected chi connectivity index (χ4v) is 0. The van der Waals surface area contributed by atoms with Crippen LogP contribution in [0.1, 0.15) is 29.7 Å². The molecule has 0 aliphatic rings. The van der Waals surface area contributed by atoms with Crippen molar-refractivity contribution >= 4 is 71.9 Å². The molecule has 0 rings (SSSR count). The van der Waals surface area contributed by atoms with Gasteiger partial charge in [-0.05, 0) is 0 Å². The van der Waals surface area contributed by atoms with E-state index in [9.17, 15) is 0 Å². The van der Waals surface area contributed by atoms with E-state index in [2.05, 4.69) is 33.8 Å². The molecule has 0 aliphatic heterocycles. The minimum Gasteiger partial charge on any atom is -0.214 e. The monoisotopic (exact) mass is 382 g/mol. The zero-order chi connectivity index (χ0) is 10.7. The molecule has 0 nitrogen and oxygen atoms in total. The molecule has 0 spiro atoms. The maximum absolute atomic E-state index is 4.94. The van der Waals surface area contributed by atoms with Gasteiger partial charge in [-0.25, -0.2) is 30.1 Å². The number of hydrogen-bond donors (Lipinski definition) is 0. The molecule has 0 saturated heterocycles. The molecule has 0 aromatic rings. The van der Waals surface area contributed by atoms with Crippen LogP contribution in [0.4, 0.5) is 0 Å². The SMILES string of the molecule is C.C.C.C.[CH3][Al]([CH3])[CH3].[CH3][Ga]([CH3])[CH3].[Cl][Al]([Cl])[Cl]. The molecule has 0 unspecified atom stereocenters. The van der Waals surface area contributed by atoms with Crippen LogP contribution in [-0.2, 0) is 0 Å².